The summed E-state index contributed by atoms with van der Waals surface area (Å²) in [5.74, 6) is 1.29. The Labute approximate surface area is 185 Å². The molecule has 0 aromatic heterocycles. The Hall–Kier alpha value is -0.900. The number of nitrogens with zero attached hydrogens (tertiary/aromatic N) is 1. The van der Waals surface area contributed by atoms with Crippen LogP contribution in [0, 0.1) is 5.92 Å². The van der Waals surface area contributed by atoms with Gasteiger partial charge in [0.1, 0.15) is 0 Å². The van der Waals surface area contributed by atoms with Crippen LogP contribution in [0.25, 0.3) is 0 Å². The van der Waals surface area contributed by atoms with E-state index in [1.807, 2.05) is 7.05 Å². The molecule has 0 spiro atoms. The molecule has 1 aromatic rings. The minimum Gasteiger partial charge on any atom is -0.379 e. The van der Waals surface area contributed by atoms with E-state index in [9.17, 15) is 0 Å². The van der Waals surface area contributed by atoms with Crippen molar-refractivity contribution in [1.29, 1.82) is 0 Å². The minimum absolute atomic E-state index is 0. The molecule has 158 valence electrons. The van der Waals surface area contributed by atoms with Crippen LogP contribution in [0.5, 0.6) is 0 Å². The van der Waals surface area contributed by atoms with Crippen LogP contribution in [0.2, 0.25) is 0 Å². The number of guanidine groups is 1. The van der Waals surface area contributed by atoms with Crippen LogP contribution in [0.3, 0.4) is 0 Å². The number of nitrogens with one attached hydrogen (secondary N) is 2. The summed E-state index contributed by atoms with van der Waals surface area (Å²) in [4.78, 5) is 4.34. The van der Waals surface area contributed by atoms with Gasteiger partial charge in [-0.15, -0.1) is 24.0 Å². The summed E-state index contributed by atoms with van der Waals surface area (Å²) in [6.45, 7) is 4.86. The monoisotopic (exact) mass is 503 g/mol. The standard InChI is InChI=1S/C21H33N3O3.HI/c1-22-21(23-11-6-13-26-19-10-14-25-16-19)24-15-18-9-5-12-27-20(18)17-7-3-2-4-8-17;/h2-4,7-8,18-20H,5-6,9-16H2,1H3,(H2,22,23,24);1H. The molecule has 2 heterocycles. The van der Waals surface area contributed by atoms with Gasteiger partial charge in [-0.25, -0.2) is 0 Å². The number of hydrogen-bond acceptors (Lipinski definition) is 4. The first-order chi connectivity index (χ1) is 13.4. The molecule has 28 heavy (non-hydrogen) atoms. The van der Waals surface area contributed by atoms with E-state index < -0.39 is 0 Å². The number of halogens is 1. The average molecular weight is 503 g/mol. The lowest BCUT2D eigenvalue weighted by Gasteiger charge is -2.32. The minimum atomic E-state index is 0. The van der Waals surface area contributed by atoms with Crippen LogP contribution in [0.1, 0.15) is 37.4 Å². The highest BCUT2D eigenvalue weighted by molar-refractivity contribution is 14.0. The molecule has 6 nitrogen and oxygen atoms in total. The van der Waals surface area contributed by atoms with Gasteiger partial charge < -0.3 is 24.8 Å². The highest BCUT2D eigenvalue weighted by Gasteiger charge is 2.27. The predicted molar refractivity (Wildman–Crippen MR) is 122 cm³/mol. The molecule has 3 rings (SSSR count). The summed E-state index contributed by atoms with van der Waals surface area (Å²) in [5, 5.41) is 6.84. The van der Waals surface area contributed by atoms with Crippen molar-refractivity contribution in [2.75, 3.05) is 46.6 Å². The maximum atomic E-state index is 6.08. The third-order valence-electron chi connectivity index (χ3n) is 5.18. The van der Waals surface area contributed by atoms with E-state index in [0.29, 0.717) is 5.92 Å². The van der Waals surface area contributed by atoms with Gasteiger partial charge in [0.25, 0.3) is 0 Å². The largest absolute Gasteiger partial charge is 0.379 e. The Kier molecular flexibility index (Phi) is 11.1. The molecule has 2 fully saturated rings. The lowest BCUT2D eigenvalue weighted by molar-refractivity contribution is -0.0265. The quantitative estimate of drug-likeness (QED) is 0.247. The zero-order valence-electron chi connectivity index (χ0n) is 16.8. The second kappa shape index (κ2) is 13.3. The van der Waals surface area contributed by atoms with E-state index in [1.54, 1.807) is 0 Å². The molecule has 0 amide bonds. The number of benzene rings is 1. The maximum Gasteiger partial charge on any atom is 0.190 e. The lowest BCUT2D eigenvalue weighted by atomic mass is 9.89. The van der Waals surface area contributed by atoms with E-state index in [-0.39, 0.29) is 36.2 Å². The summed E-state index contributed by atoms with van der Waals surface area (Å²) in [7, 11) is 1.81. The van der Waals surface area contributed by atoms with Crippen molar-refractivity contribution in [3.05, 3.63) is 35.9 Å². The first kappa shape index (κ1) is 23.4. The van der Waals surface area contributed by atoms with Crippen molar-refractivity contribution in [3.63, 3.8) is 0 Å². The first-order valence-electron chi connectivity index (χ1n) is 10.2. The van der Waals surface area contributed by atoms with Crippen molar-refractivity contribution < 1.29 is 14.2 Å². The Morgan fingerprint density at radius 3 is 2.79 bits per heavy atom. The van der Waals surface area contributed by atoms with E-state index in [0.717, 1.165) is 64.7 Å². The molecule has 2 saturated heterocycles. The summed E-state index contributed by atoms with van der Waals surface area (Å²) in [6.07, 6.45) is 4.69. The molecule has 7 heteroatoms. The molecule has 0 aliphatic carbocycles. The molecule has 2 aliphatic rings. The number of hydrogen-bond donors (Lipinski definition) is 2. The molecule has 0 bridgehead atoms. The molecule has 0 radical (unpaired) electrons. The fourth-order valence-corrected chi connectivity index (χ4v) is 3.69. The van der Waals surface area contributed by atoms with Crippen LogP contribution >= 0.6 is 24.0 Å². The van der Waals surface area contributed by atoms with Crippen LogP contribution in [0.15, 0.2) is 35.3 Å². The third kappa shape index (κ3) is 7.50. The van der Waals surface area contributed by atoms with E-state index >= 15 is 0 Å². The second-order valence-corrected chi connectivity index (χ2v) is 7.19. The van der Waals surface area contributed by atoms with Gasteiger partial charge in [-0.2, -0.15) is 0 Å². The molecule has 2 aliphatic heterocycles. The Morgan fingerprint density at radius 2 is 2.04 bits per heavy atom. The molecule has 0 saturated carbocycles. The van der Waals surface area contributed by atoms with Gasteiger partial charge in [-0.05, 0) is 31.2 Å². The zero-order valence-corrected chi connectivity index (χ0v) is 19.1. The third-order valence-corrected chi connectivity index (χ3v) is 5.18. The number of aliphatic imine (C=N–C) groups is 1. The van der Waals surface area contributed by atoms with Crippen molar-refractivity contribution in [3.8, 4) is 0 Å². The first-order valence-corrected chi connectivity index (χ1v) is 10.2. The number of rotatable bonds is 8. The normalized spacial score (nSPS) is 25.2. The predicted octanol–water partition coefficient (Wildman–Crippen LogP) is 3.13. The van der Waals surface area contributed by atoms with Gasteiger partial charge in [0.05, 0.1) is 18.8 Å². The van der Waals surface area contributed by atoms with Crippen LogP contribution in [-0.2, 0) is 14.2 Å². The highest BCUT2D eigenvalue weighted by atomic mass is 127. The van der Waals surface area contributed by atoms with E-state index in [4.69, 9.17) is 14.2 Å². The molecule has 3 unspecified atom stereocenters. The highest BCUT2D eigenvalue weighted by Crippen LogP contribution is 2.32. The smallest absolute Gasteiger partial charge is 0.190 e. The maximum absolute atomic E-state index is 6.08. The van der Waals surface area contributed by atoms with Gasteiger partial charge in [-0.3, -0.25) is 4.99 Å². The summed E-state index contributed by atoms with van der Waals surface area (Å²) in [6, 6.07) is 10.5. The van der Waals surface area contributed by atoms with Gasteiger partial charge in [0.2, 0.25) is 0 Å². The van der Waals surface area contributed by atoms with Gasteiger partial charge in [0, 0.05) is 45.9 Å². The average Bonchev–Trinajstić information content (AvgIpc) is 3.24. The van der Waals surface area contributed by atoms with Crippen molar-refractivity contribution in [1.82, 2.24) is 10.6 Å². The summed E-state index contributed by atoms with van der Waals surface area (Å²) >= 11 is 0. The zero-order chi connectivity index (χ0) is 18.7. The van der Waals surface area contributed by atoms with E-state index in [2.05, 4.69) is 46.0 Å². The van der Waals surface area contributed by atoms with Crippen molar-refractivity contribution in [2.45, 2.75) is 37.9 Å². The van der Waals surface area contributed by atoms with Crippen molar-refractivity contribution >= 4 is 29.9 Å². The van der Waals surface area contributed by atoms with Gasteiger partial charge in [-0.1, -0.05) is 30.3 Å². The van der Waals surface area contributed by atoms with E-state index in [1.165, 1.54) is 12.0 Å². The van der Waals surface area contributed by atoms with Crippen molar-refractivity contribution in [2.24, 2.45) is 10.9 Å². The van der Waals surface area contributed by atoms with Crippen LogP contribution < -0.4 is 10.6 Å². The Bertz CT molecular complexity index is 567. The van der Waals surface area contributed by atoms with Gasteiger partial charge in [0.15, 0.2) is 5.96 Å². The summed E-state index contributed by atoms with van der Waals surface area (Å²) < 4.78 is 17.2. The van der Waals surface area contributed by atoms with Crippen LogP contribution in [0.4, 0.5) is 0 Å². The molecule has 1 aromatic carbocycles. The molecule has 3 atom stereocenters. The fraction of sp³-hybridized carbons (Fsp3) is 0.667. The molecular formula is C21H34IN3O3. The lowest BCUT2D eigenvalue weighted by Crippen LogP contribution is -2.42. The Balaban J connectivity index is 0.00000280. The molecule has 2 N–H and O–H groups in total. The Morgan fingerprint density at radius 1 is 1.18 bits per heavy atom. The second-order valence-electron chi connectivity index (χ2n) is 7.19. The van der Waals surface area contributed by atoms with Gasteiger partial charge >= 0.3 is 0 Å². The van der Waals surface area contributed by atoms with Crippen LogP contribution in [-0.4, -0.2) is 58.6 Å². The SMILES string of the molecule is CN=C(NCCCOC1CCOC1)NCC1CCCOC1c1ccccc1.I. The fourth-order valence-electron chi connectivity index (χ4n) is 3.69. The summed E-state index contributed by atoms with van der Waals surface area (Å²) in [5.41, 5.74) is 1.26. The molecular weight excluding hydrogens is 469 g/mol. The number of ether oxygens (including phenoxy) is 3. The topological polar surface area (TPSA) is 64.1 Å².